The molecule has 0 atom stereocenters. The fourth-order valence-corrected chi connectivity index (χ4v) is 4.51. The Morgan fingerprint density at radius 3 is 2.76 bits per heavy atom. The fourth-order valence-electron chi connectivity index (χ4n) is 3.05. The third-order valence-corrected chi connectivity index (χ3v) is 6.12. The molecule has 1 aliphatic heterocycles. The van der Waals surface area contributed by atoms with E-state index in [0.717, 1.165) is 6.42 Å². The quantitative estimate of drug-likeness (QED) is 0.723. The fraction of sp³-hybridized carbons (Fsp3) is 0.421. The molecule has 29 heavy (non-hydrogen) atoms. The van der Waals surface area contributed by atoms with Gasteiger partial charge in [-0.15, -0.1) is 0 Å². The third kappa shape index (κ3) is 4.97. The number of benzene rings is 1. The second kappa shape index (κ2) is 8.54. The predicted molar refractivity (Wildman–Crippen MR) is 113 cm³/mol. The Kier molecular flexibility index (Phi) is 6.28. The van der Waals surface area contributed by atoms with Gasteiger partial charge in [-0.05, 0) is 37.5 Å². The number of carbonyl (C=O) groups is 1. The summed E-state index contributed by atoms with van der Waals surface area (Å²) >= 11 is 6.35. The summed E-state index contributed by atoms with van der Waals surface area (Å²) in [6.45, 7) is 6.99. The van der Waals surface area contributed by atoms with Crippen LogP contribution < -0.4 is 10.0 Å². The van der Waals surface area contributed by atoms with Crippen molar-refractivity contribution in [3.8, 4) is 0 Å². The number of halogens is 1. The number of hydrogen-bond donors (Lipinski definition) is 2. The molecule has 3 rings (SSSR count). The van der Waals surface area contributed by atoms with Crippen LogP contribution in [-0.4, -0.2) is 36.5 Å². The van der Waals surface area contributed by atoms with E-state index in [4.69, 9.17) is 11.6 Å². The molecule has 0 fully saturated rings. The van der Waals surface area contributed by atoms with E-state index in [2.05, 4.69) is 20.1 Å². The number of aromatic nitrogens is 2. The topological polar surface area (TPSA) is 105 Å². The molecule has 1 aromatic heterocycles. The molecule has 1 aliphatic rings. The highest BCUT2D eigenvalue weighted by Gasteiger charge is 2.22. The number of nitrogens with zero attached hydrogens (tertiary/aromatic N) is 3. The lowest BCUT2D eigenvalue weighted by Crippen LogP contribution is -2.29. The van der Waals surface area contributed by atoms with Gasteiger partial charge in [-0.25, -0.2) is 8.42 Å². The summed E-state index contributed by atoms with van der Waals surface area (Å²) in [6.07, 6.45) is 1.44. The Morgan fingerprint density at radius 1 is 1.34 bits per heavy atom. The summed E-state index contributed by atoms with van der Waals surface area (Å²) in [6, 6.07) is 6.05. The van der Waals surface area contributed by atoms with Gasteiger partial charge in [0.25, 0.3) is 15.9 Å². The van der Waals surface area contributed by atoms with E-state index in [9.17, 15) is 13.2 Å². The number of aliphatic imine (C=N–C) groups is 1. The van der Waals surface area contributed by atoms with Gasteiger partial charge in [-0.2, -0.15) is 5.10 Å². The Balaban J connectivity index is 1.80. The summed E-state index contributed by atoms with van der Waals surface area (Å²) in [5, 5.41) is 7.31. The lowest BCUT2D eigenvalue weighted by atomic mass is 10.2. The molecule has 2 heterocycles. The van der Waals surface area contributed by atoms with Crippen molar-refractivity contribution < 1.29 is 13.2 Å². The van der Waals surface area contributed by atoms with E-state index in [1.54, 1.807) is 23.7 Å². The van der Waals surface area contributed by atoms with E-state index in [1.807, 2.05) is 13.8 Å². The first-order valence-corrected chi connectivity index (χ1v) is 11.2. The minimum Gasteiger partial charge on any atom is -0.322 e. The summed E-state index contributed by atoms with van der Waals surface area (Å²) in [5.74, 6) is 0.339. The largest absolute Gasteiger partial charge is 0.322 e. The molecule has 0 bridgehead atoms. The molecule has 0 saturated carbocycles. The molecule has 0 aliphatic carbocycles. The van der Waals surface area contributed by atoms with E-state index in [0.29, 0.717) is 42.6 Å². The molecule has 0 spiro atoms. The SMILES string of the molecule is Cc1nn(CC(C)C)c(Cl)c1C(=O)Nc1cccc(S(=O)(=O)NC2=NCCC2)c1. The number of hydrogen-bond acceptors (Lipinski definition) is 5. The number of anilines is 1. The zero-order chi connectivity index (χ0) is 21.2. The lowest BCUT2D eigenvalue weighted by molar-refractivity contribution is 0.102. The first-order chi connectivity index (χ1) is 13.7. The zero-order valence-electron chi connectivity index (χ0n) is 16.6. The van der Waals surface area contributed by atoms with E-state index >= 15 is 0 Å². The monoisotopic (exact) mass is 437 g/mol. The summed E-state index contributed by atoms with van der Waals surface area (Å²) in [5.41, 5.74) is 1.13. The van der Waals surface area contributed by atoms with Crippen molar-refractivity contribution in [2.24, 2.45) is 10.9 Å². The number of nitrogens with one attached hydrogen (secondary N) is 2. The highest BCUT2D eigenvalue weighted by molar-refractivity contribution is 7.90. The van der Waals surface area contributed by atoms with Crippen molar-refractivity contribution in [3.05, 3.63) is 40.7 Å². The van der Waals surface area contributed by atoms with Crippen LogP contribution in [0, 0.1) is 12.8 Å². The minimum atomic E-state index is -3.77. The standard InChI is InChI=1S/C19H24ClN5O3S/c1-12(2)11-25-18(20)17(13(3)23-25)19(26)22-14-6-4-7-15(10-14)29(27,28)24-16-8-5-9-21-16/h4,6-7,10,12H,5,8-9,11H2,1-3H3,(H,21,24)(H,22,26). The maximum atomic E-state index is 12.8. The predicted octanol–water partition coefficient (Wildman–Crippen LogP) is 3.22. The van der Waals surface area contributed by atoms with Crippen LogP contribution in [0.15, 0.2) is 34.2 Å². The molecule has 0 radical (unpaired) electrons. The molecule has 8 nitrogen and oxygen atoms in total. The second-order valence-electron chi connectivity index (χ2n) is 7.35. The second-order valence-corrected chi connectivity index (χ2v) is 9.39. The molecule has 0 saturated heterocycles. The molecule has 2 aromatic rings. The van der Waals surface area contributed by atoms with Crippen LogP contribution in [0.2, 0.25) is 5.15 Å². The maximum absolute atomic E-state index is 12.8. The van der Waals surface area contributed by atoms with Gasteiger partial charge in [-0.1, -0.05) is 31.5 Å². The number of aryl methyl sites for hydroxylation is 1. The molecule has 1 aromatic carbocycles. The molecule has 156 valence electrons. The van der Waals surface area contributed by atoms with Crippen molar-refractivity contribution >= 4 is 39.1 Å². The van der Waals surface area contributed by atoms with Gasteiger partial charge < -0.3 is 5.32 Å². The molecule has 2 N–H and O–H groups in total. The first kappa shape index (κ1) is 21.3. The van der Waals surface area contributed by atoms with Gasteiger partial charge in [0.05, 0.1) is 16.2 Å². The zero-order valence-corrected chi connectivity index (χ0v) is 18.1. The average Bonchev–Trinajstić information content (AvgIpc) is 3.22. The molecular weight excluding hydrogens is 414 g/mol. The van der Waals surface area contributed by atoms with E-state index in [-0.39, 0.29) is 15.6 Å². The Morgan fingerprint density at radius 2 is 2.10 bits per heavy atom. The maximum Gasteiger partial charge on any atom is 0.262 e. The van der Waals surface area contributed by atoms with Gasteiger partial charge in [0, 0.05) is 25.2 Å². The number of carbonyl (C=O) groups excluding carboxylic acids is 1. The highest BCUT2D eigenvalue weighted by Crippen LogP contribution is 2.23. The first-order valence-electron chi connectivity index (χ1n) is 9.38. The average molecular weight is 438 g/mol. The molecule has 1 amide bonds. The van der Waals surface area contributed by atoms with Crippen molar-refractivity contribution in [1.82, 2.24) is 14.5 Å². The van der Waals surface area contributed by atoms with Crippen LogP contribution in [0.1, 0.15) is 42.7 Å². The minimum absolute atomic E-state index is 0.0446. The van der Waals surface area contributed by atoms with Gasteiger partial charge in [0.15, 0.2) is 0 Å². The molecular formula is C19H24ClN5O3S. The summed E-state index contributed by atoms with van der Waals surface area (Å²) < 4.78 is 29.2. The molecule has 10 heteroatoms. The number of rotatable bonds is 6. The van der Waals surface area contributed by atoms with Gasteiger partial charge in [0.1, 0.15) is 11.0 Å². The van der Waals surface area contributed by atoms with Crippen LogP contribution in [0.5, 0.6) is 0 Å². The Hall–Kier alpha value is -2.39. The van der Waals surface area contributed by atoms with Gasteiger partial charge in [0.2, 0.25) is 0 Å². The van der Waals surface area contributed by atoms with Crippen LogP contribution in [0.3, 0.4) is 0 Å². The van der Waals surface area contributed by atoms with E-state index < -0.39 is 15.9 Å². The third-order valence-electron chi connectivity index (χ3n) is 4.36. The summed E-state index contributed by atoms with van der Waals surface area (Å²) in [4.78, 5) is 16.9. The lowest BCUT2D eigenvalue weighted by Gasteiger charge is -2.10. The summed E-state index contributed by atoms with van der Waals surface area (Å²) in [7, 11) is -3.77. The highest BCUT2D eigenvalue weighted by atomic mass is 35.5. The van der Waals surface area contributed by atoms with Crippen LogP contribution in [-0.2, 0) is 16.6 Å². The van der Waals surface area contributed by atoms with Crippen molar-refractivity contribution in [3.63, 3.8) is 0 Å². The number of amidine groups is 1. The smallest absolute Gasteiger partial charge is 0.262 e. The van der Waals surface area contributed by atoms with Gasteiger partial charge in [-0.3, -0.25) is 19.2 Å². The van der Waals surface area contributed by atoms with Crippen LogP contribution in [0.4, 0.5) is 5.69 Å². The molecule has 0 unspecified atom stereocenters. The van der Waals surface area contributed by atoms with Crippen molar-refractivity contribution in [1.29, 1.82) is 0 Å². The van der Waals surface area contributed by atoms with Crippen molar-refractivity contribution in [2.45, 2.75) is 45.1 Å². The van der Waals surface area contributed by atoms with Crippen molar-refractivity contribution in [2.75, 3.05) is 11.9 Å². The Bertz CT molecular complexity index is 1060. The Labute approximate surface area is 175 Å². The number of amides is 1. The number of sulfonamides is 1. The normalized spacial score (nSPS) is 14.2. The van der Waals surface area contributed by atoms with Crippen LogP contribution in [0.25, 0.3) is 0 Å². The van der Waals surface area contributed by atoms with Crippen LogP contribution >= 0.6 is 11.6 Å². The van der Waals surface area contributed by atoms with E-state index in [1.165, 1.54) is 12.1 Å². The van der Waals surface area contributed by atoms with Gasteiger partial charge >= 0.3 is 0 Å².